The predicted octanol–water partition coefficient (Wildman–Crippen LogP) is 2.79. The summed E-state index contributed by atoms with van der Waals surface area (Å²) in [6, 6.07) is 0. The number of hydrogen-bond donors (Lipinski definition) is 1. The van der Waals surface area contributed by atoms with E-state index in [9.17, 15) is 0 Å². The molecule has 0 bridgehead atoms. The van der Waals surface area contributed by atoms with E-state index in [4.69, 9.17) is 0 Å². The molecule has 2 aromatic heterocycles. The molecule has 0 aromatic carbocycles. The molecule has 3 heterocycles. The third kappa shape index (κ3) is 2.96. The van der Waals surface area contributed by atoms with Crippen LogP contribution >= 0.6 is 11.3 Å². The number of hydrogen-bond acceptors (Lipinski definition) is 6. The van der Waals surface area contributed by atoms with Crippen molar-refractivity contribution in [3.05, 3.63) is 29.2 Å². The second-order valence-electron chi connectivity index (χ2n) is 5.29. The van der Waals surface area contributed by atoms with Gasteiger partial charge in [0.05, 0.1) is 5.69 Å². The van der Waals surface area contributed by atoms with Crippen molar-refractivity contribution in [2.24, 2.45) is 0 Å². The first-order valence-electron chi connectivity index (χ1n) is 6.91. The van der Waals surface area contributed by atoms with Gasteiger partial charge in [-0.1, -0.05) is 0 Å². The van der Waals surface area contributed by atoms with Crippen molar-refractivity contribution < 1.29 is 0 Å². The molecule has 1 aliphatic rings. The van der Waals surface area contributed by atoms with Crippen molar-refractivity contribution in [1.82, 2.24) is 19.9 Å². The number of nitrogens with zero attached hydrogens (tertiary/aromatic N) is 4. The minimum absolute atomic E-state index is 0.450. The Morgan fingerprint density at radius 3 is 2.90 bits per heavy atom. The normalized spacial score (nSPS) is 20.0. The first-order valence-corrected chi connectivity index (χ1v) is 7.73. The highest BCUT2D eigenvalue weighted by molar-refractivity contribution is 7.15. The fourth-order valence-electron chi connectivity index (χ4n) is 2.65. The summed E-state index contributed by atoms with van der Waals surface area (Å²) < 4.78 is 0. The Hall–Kier alpha value is -1.53. The van der Waals surface area contributed by atoms with E-state index in [2.05, 4.69) is 39.1 Å². The van der Waals surface area contributed by atoms with E-state index in [0.29, 0.717) is 5.92 Å². The van der Waals surface area contributed by atoms with Gasteiger partial charge in [0.25, 0.3) is 0 Å². The van der Waals surface area contributed by atoms with Crippen molar-refractivity contribution in [2.45, 2.75) is 25.7 Å². The fourth-order valence-corrected chi connectivity index (χ4v) is 3.31. The van der Waals surface area contributed by atoms with Gasteiger partial charge in [-0.25, -0.2) is 9.97 Å². The molecule has 0 aliphatic carbocycles. The summed E-state index contributed by atoms with van der Waals surface area (Å²) in [7, 11) is 2.17. The van der Waals surface area contributed by atoms with Crippen LogP contribution in [-0.2, 0) is 0 Å². The van der Waals surface area contributed by atoms with Gasteiger partial charge < -0.3 is 10.2 Å². The highest BCUT2D eigenvalue weighted by Gasteiger charge is 2.23. The number of rotatable bonds is 3. The van der Waals surface area contributed by atoms with Crippen molar-refractivity contribution in [3.8, 4) is 0 Å². The van der Waals surface area contributed by atoms with Crippen molar-refractivity contribution >= 4 is 22.3 Å². The average Bonchev–Trinajstić information content (AvgIpc) is 2.85. The maximum atomic E-state index is 4.56. The van der Waals surface area contributed by atoms with E-state index in [1.54, 1.807) is 23.7 Å². The van der Waals surface area contributed by atoms with Crippen LogP contribution in [0.3, 0.4) is 0 Å². The quantitative estimate of drug-likeness (QED) is 0.941. The first-order chi connectivity index (χ1) is 9.72. The lowest BCUT2D eigenvalue weighted by atomic mass is 9.95. The number of piperidine rings is 1. The smallest absolute Gasteiger partial charge is 0.188 e. The summed E-state index contributed by atoms with van der Waals surface area (Å²) in [6.07, 6.45) is 7.78. The van der Waals surface area contributed by atoms with E-state index in [1.807, 2.05) is 6.20 Å². The summed E-state index contributed by atoms with van der Waals surface area (Å²) in [4.78, 5) is 16.9. The van der Waals surface area contributed by atoms with E-state index in [0.717, 1.165) is 23.2 Å². The molecule has 0 unspecified atom stereocenters. The van der Waals surface area contributed by atoms with Crippen LogP contribution in [0.2, 0.25) is 0 Å². The summed E-state index contributed by atoms with van der Waals surface area (Å²) in [6.45, 7) is 4.27. The highest BCUT2D eigenvalue weighted by Crippen LogP contribution is 2.30. The molecule has 1 fully saturated rings. The molecule has 2 aromatic rings. The van der Waals surface area contributed by atoms with Gasteiger partial charge in [0, 0.05) is 35.9 Å². The topological polar surface area (TPSA) is 53.9 Å². The van der Waals surface area contributed by atoms with Crippen LogP contribution in [-0.4, -0.2) is 40.0 Å². The first kappa shape index (κ1) is 13.5. The van der Waals surface area contributed by atoms with Gasteiger partial charge in [-0.3, -0.25) is 4.98 Å². The SMILES string of the molecule is Cc1cnc(Nc2nccnc2[C@@H]2CCCN(C)C2)s1. The molecule has 0 radical (unpaired) electrons. The lowest BCUT2D eigenvalue weighted by molar-refractivity contribution is 0.248. The molecular formula is C14H19N5S. The number of aryl methyl sites for hydroxylation is 1. The van der Waals surface area contributed by atoms with Crippen LogP contribution < -0.4 is 5.32 Å². The van der Waals surface area contributed by atoms with E-state index in [-0.39, 0.29) is 0 Å². The van der Waals surface area contributed by atoms with Crippen LogP contribution in [0.25, 0.3) is 0 Å². The standard InChI is InChI=1S/C14H19N5S/c1-10-8-17-14(20-10)18-13-12(15-5-6-16-13)11-4-3-7-19(2)9-11/h5-6,8,11H,3-4,7,9H2,1-2H3,(H,16,17,18)/t11-/m1/s1. The van der Waals surface area contributed by atoms with Crippen LogP contribution in [0, 0.1) is 6.92 Å². The summed E-state index contributed by atoms with van der Waals surface area (Å²) >= 11 is 1.64. The number of aromatic nitrogens is 3. The predicted molar refractivity (Wildman–Crippen MR) is 81.6 cm³/mol. The van der Waals surface area contributed by atoms with Gasteiger partial charge in [-0.15, -0.1) is 11.3 Å². The van der Waals surface area contributed by atoms with Crippen molar-refractivity contribution in [1.29, 1.82) is 0 Å². The van der Waals surface area contributed by atoms with Gasteiger partial charge >= 0.3 is 0 Å². The van der Waals surface area contributed by atoms with Crippen LogP contribution in [0.15, 0.2) is 18.6 Å². The Balaban J connectivity index is 1.84. The lowest BCUT2D eigenvalue weighted by Crippen LogP contribution is -2.31. The second kappa shape index (κ2) is 5.85. The molecule has 0 saturated carbocycles. The molecule has 0 spiro atoms. The summed E-state index contributed by atoms with van der Waals surface area (Å²) in [5.74, 6) is 1.30. The molecule has 6 heteroatoms. The Morgan fingerprint density at radius 2 is 2.15 bits per heavy atom. The van der Waals surface area contributed by atoms with Crippen LogP contribution in [0.4, 0.5) is 10.9 Å². The van der Waals surface area contributed by atoms with Gasteiger partial charge in [-0.2, -0.15) is 0 Å². The zero-order valence-electron chi connectivity index (χ0n) is 11.8. The van der Waals surface area contributed by atoms with Gasteiger partial charge in [-0.05, 0) is 33.4 Å². The molecule has 1 saturated heterocycles. The highest BCUT2D eigenvalue weighted by atomic mass is 32.1. The molecule has 106 valence electrons. The number of thiazole rings is 1. The van der Waals surface area contributed by atoms with Gasteiger partial charge in [0.2, 0.25) is 0 Å². The molecule has 0 amide bonds. The molecule has 20 heavy (non-hydrogen) atoms. The Morgan fingerprint density at radius 1 is 1.30 bits per heavy atom. The molecule has 1 N–H and O–H groups in total. The largest absolute Gasteiger partial charge is 0.315 e. The number of likely N-dealkylation sites (N-methyl/N-ethyl adjacent to an activating group) is 1. The maximum Gasteiger partial charge on any atom is 0.188 e. The average molecular weight is 289 g/mol. The Labute approximate surface area is 123 Å². The summed E-state index contributed by atoms with van der Waals surface area (Å²) in [5, 5.41) is 4.20. The molecule has 1 atom stereocenters. The number of likely N-dealkylation sites (tertiary alicyclic amines) is 1. The third-order valence-electron chi connectivity index (χ3n) is 3.58. The minimum Gasteiger partial charge on any atom is -0.315 e. The number of nitrogens with one attached hydrogen (secondary N) is 1. The van der Waals surface area contributed by atoms with Crippen molar-refractivity contribution in [3.63, 3.8) is 0 Å². The zero-order chi connectivity index (χ0) is 13.9. The monoisotopic (exact) mass is 289 g/mol. The van der Waals surface area contributed by atoms with Crippen molar-refractivity contribution in [2.75, 3.05) is 25.5 Å². The second-order valence-corrected chi connectivity index (χ2v) is 6.53. The van der Waals surface area contributed by atoms with E-state index < -0.39 is 0 Å². The van der Waals surface area contributed by atoms with Crippen LogP contribution in [0.5, 0.6) is 0 Å². The van der Waals surface area contributed by atoms with Crippen LogP contribution in [0.1, 0.15) is 29.3 Å². The molecular weight excluding hydrogens is 270 g/mol. The maximum absolute atomic E-state index is 4.56. The van der Waals surface area contributed by atoms with Gasteiger partial charge in [0.1, 0.15) is 0 Å². The van der Waals surface area contributed by atoms with Gasteiger partial charge in [0.15, 0.2) is 10.9 Å². The fraction of sp³-hybridized carbons (Fsp3) is 0.500. The molecule has 3 rings (SSSR count). The lowest BCUT2D eigenvalue weighted by Gasteiger charge is -2.29. The third-order valence-corrected chi connectivity index (χ3v) is 4.41. The Bertz CT molecular complexity index is 582. The summed E-state index contributed by atoms with van der Waals surface area (Å²) in [5.41, 5.74) is 1.06. The molecule has 5 nitrogen and oxygen atoms in total. The number of anilines is 2. The molecule has 1 aliphatic heterocycles. The van der Waals surface area contributed by atoms with E-state index >= 15 is 0 Å². The Kier molecular flexibility index (Phi) is 3.93. The zero-order valence-corrected chi connectivity index (χ0v) is 12.7. The van der Waals surface area contributed by atoms with E-state index in [1.165, 1.54) is 24.3 Å². The minimum atomic E-state index is 0.450.